The van der Waals surface area contributed by atoms with Gasteiger partial charge in [-0.2, -0.15) is 26.3 Å². The van der Waals surface area contributed by atoms with E-state index in [9.17, 15) is 31.1 Å². The summed E-state index contributed by atoms with van der Waals surface area (Å²) in [6.07, 6.45) is -10.3. The zero-order valence-corrected chi connectivity index (χ0v) is 9.57. The normalized spacial score (nSPS) is 12.4. The topological polar surface area (TPSA) is 29.5 Å². The number of amides is 1. The summed E-state index contributed by atoms with van der Waals surface area (Å²) < 4.78 is 75.3. The lowest BCUT2D eigenvalue weighted by molar-refractivity contribution is -0.167. The molecule has 1 amide bonds. The fraction of sp³-hybridized carbons (Fsp3) is 0.889. The summed E-state index contributed by atoms with van der Waals surface area (Å²) in [7, 11) is 0. The molecule has 0 fully saturated rings. The molecule has 0 rings (SSSR count). The fourth-order valence-electron chi connectivity index (χ4n) is 1.04. The monoisotopic (exact) mass is 281 g/mol. The van der Waals surface area contributed by atoms with E-state index in [-0.39, 0.29) is 17.9 Å². The van der Waals surface area contributed by atoms with Gasteiger partial charge in [0.15, 0.2) is 6.61 Å². The van der Waals surface area contributed by atoms with Crippen molar-refractivity contribution in [3.05, 3.63) is 0 Å². The van der Waals surface area contributed by atoms with Gasteiger partial charge in [-0.15, -0.1) is 0 Å². The Bertz CT molecular complexity index is 263. The fourth-order valence-corrected chi connectivity index (χ4v) is 1.04. The third-order valence-corrected chi connectivity index (χ3v) is 1.77. The van der Waals surface area contributed by atoms with Crippen LogP contribution in [0.2, 0.25) is 0 Å². The van der Waals surface area contributed by atoms with Gasteiger partial charge in [0.25, 0.3) is 0 Å². The maximum Gasteiger partial charge on any atom is 0.422 e. The average Bonchev–Trinajstić information content (AvgIpc) is 2.18. The van der Waals surface area contributed by atoms with Crippen LogP contribution in [0.5, 0.6) is 0 Å². The second-order valence-corrected chi connectivity index (χ2v) is 3.56. The standard InChI is InChI=1S/C9H13F6NO2/c1-2-3-4-16(5-8(10,11)12)7(17)18-6-9(13,14)15/h2-6H2,1H3. The summed E-state index contributed by atoms with van der Waals surface area (Å²) >= 11 is 0. The van der Waals surface area contributed by atoms with Gasteiger partial charge in [-0.25, -0.2) is 4.79 Å². The van der Waals surface area contributed by atoms with Crippen LogP contribution in [0.25, 0.3) is 0 Å². The molecule has 0 heterocycles. The van der Waals surface area contributed by atoms with Crippen molar-refractivity contribution >= 4 is 6.09 Å². The molecule has 0 atom stereocenters. The molecule has 9 heteroatoms. The average molecular weight is 281 g/mol. The van der Waals surface area contributed by atoms with Crippen molar-refractivity contribution in [2.45, 2.75) is 32.1 Å². The minimum absolute atomic E-state index is 0.217. The molecule has 18 heavy (non-hydrogen) atoms. The highest BCUT2D eigenvalue weighted by molar-refractivity contribution is 5.67. The molecule has 0 saturated heterocycles. The van der Waals surface area contributed by atoms with Crippen LogP contribution in [0.15, 0.2) is 0 Å². The zero-order chi connectivity index (χ0) is 14.4. The maximum absolute atomic E-state index is 12.1. The Labute approximate surface area is 99.7 Å². The minimum atomic E-state index is -4.76. The quantitative estimate of drug-likeness (QED) is 0.723. The van der Waals surface area contributed by atoms with Gasteiger partial charge < -0.3 is 4.74 Å². The number of halogens is 6. The molecule has 0 saturated carbocycles. The summed E-state index contributed by atoms with van der Waals surface area (Å²) in [6.45, 7) is -2.14. The van der Waals surface area contributed by atoms with Crippen LogP contribution >= 0.6 is 0 Å². The Balaban J connectivity index is 4.40. The second-order valence-electron chi connectivity index (χ2n) is 3.56. The molecule has 0 aromatic heterocycles. The van der Waals surface area contributed by atoms with E-state index in [1.807, 2.05) is 0 Å². The van der Waals surface area contributed by atoms with E-state index in [1.54, 1.807) is 6.92 Å². The van der Waals surface area contributed by atoms with Crippen LogP contribution in [0.3, 0.4) is 0 Å². The third-order valence-electron chi connectivity index (χ3n) is 1.77. The van der Waals surface area contributed by atoms with Crippen LogP contribution in [0, 0.1) is 0 Å². The molecule has 0 spiro atoms. The van der Waals surface area contributed by atoms with Gasteiger partial charge >= 0.3 is 18.4 Å². The van der Waals surface area contributed by atoms with Crippen molar-refractivity contribution in [1.82, 2.24) is 4.90 Å². The third kappa shape index (κ3) is 8.94. The minimum Gasteiger partial charge on any atom is -0.440 e. The Kier molecular flexibility index (Phi) is 6.27. The van der Waals surface area contributed by atoms with Crippen molar-refractivity contribution in [3.8, 4) is 0 Å². The molecule has 0 aliphatic rings. The molecule has 3 nitrogen and oxygen atoms in total. The van der Waals surface area contributed by atoms with Crippen molar-refractivity contribution in [1.29, 1.82) is 0 Å². The molecule has 0 aliphatic carbocycles. The number of nitrogens with zero attached hydrogens (tertiary/aromatic N) is 1. The highest BCUT2D eigenvalue weighted by atomic mass is 19.4. The molecule has 0 bridgehead atoms. The van der Waals surface area contributed by atoms with Gasteiger partial charge in [-0.3, -0.25) is 4.90 Å². The van der Waals surface area contributed by atoms with Gasteiger partial charge in [-0.1, -0.05) is 13.3 Å². The highest BCUT2D eigenvalue weighted by Gasteiger charge is 2.35. The Morgan fingerprint density at radius 2 is 1.67 bits per heavy atom. The first-order valence-corrected chi connectivity index (χ1v) is 5.10. The van der Waals surface area contributed by atoms with Gasteiger partial charge in [0.1, 0.15) is 6.54 Å². The first-order chi connectivity index (χ1) is 8.05. The lowest BCUT2D eigenvalue weighted by Gasteiger charge is -2.23. The number of carbonyl (C=O) groups is 1. The second kappa shape index (κ2) is 6.69. The van der Waals surface area contributed by atoms with Gasteiger partial charge in [-0.05, 0) is 6.42 Å². The van der Waals surface area contributed by atoms with E-state index < -0.39 is 31.6 Å². The van der Waals surface area contributed by atoms with Gasteiger partial charge in [0.05, 0.1) is 0 Å². The van der Waals surface area contributed by atoms with Crippen molar-refractivity contribution in [3.63, 3.8) is 0 Å². The molecule has 0 N–H and O–H groups in total. The van der Waals surface area contributed by atoms with Crippen molar-refractivity contribution in [2.24, 2.45) is 0 Å². The van der Waals surface area contributed by atoms with Crippen molar-refractivity contribution in [2.75, 3.05) is 19.7 Å². The van der Waals surface area contributed by atoms with E-state index in [2.05, 4.69) is 4.74 Å². The van der Waals surface area contributed by atoms with Gasteiger partial charge in [0, 0.05) is 6.54 Å². The zero-order valence-electron chi connectivity index (χ0n) is 9.57. The summed E-state index contributed by atoms with van der Waals surface area (Å²) in [6, 6.07) is 0. The molecular formula is C9H13F6NO2. The number of hydrogen-bond acceptors (Lipinski definition) is 2. The maximum atomic E-state index is 12.1. The Morgan fingerprint density at radius 3 is 2.06 bits per heavy atom. The molecule has 0 unspecified atom stereocenters. The van der Waals surface area contributed by atoms with Crippen molar-refractivity contribution < 1.29 is 35.9 Å². The molecule has 0 aromatic rings. The first kappa shape index (κ1) is 16.9. The molecule has 0 aliphatic heterocycles. The van der Waals surface area contributed by atoms with Crippen LogP contribution in [-0.4, -0.2) is 43.0 Å². The molecular weight excluding hydrogens is 268 g/mol. The number of carbonyl (C=O) groups excluding carboxylic acids is 1. The van der Waals surface area contributed by atoms with E-state index in [0.717, 1.165) is 0 Å². The number of unbranched alkanes of at least 4 members (excludes halogenated alkanes) is 1. The highest BCUT2D eigenvalue weighted by Crippen LogP contribution is 2.19. The first-order valence-electron chi connectivity index (χ1n) is 5.10. The molecule has 0 aromatic carbocycles. The summed E-state index contributed by atoms with van der Waals surface area (Å²) in [5.41, 5.74) is 0. The predicted molar refractivity (Wildman–Crippen MR) is 49.9 cm³/mol. The lowest BCUT2D eigenvalue weighted by Crippen LogP contribution is -2.41. The van der Waals surface area contributed by atoms with E-state index >= 15 is 0 Å². The number of alkyl halides is 6. The van der Waals surface area contributed by atoms with Crippen LogP contribution in [0.4, 0.5) is 31.1 Å². The predicted octanol–water partition coefficient (Wildman–Crippen LogP) is 3.35. The van der Waals surface area contributed by atoms with E-state index in [1.165, 1.54) is 0 Å². The summed E-state index contributed by atoms with van der Waals surface area (Å²) in [4.78, 5) is 11.3. The molecule has 108 valence electrons. The van der Waals surface area contributed by atoms with Crippen LogP contribution in [0.1, 0.15) is 19.8 Å². The SMILES string of the molecule is CCCCN(CC(F)(F)F)C(=O)OCC(F)(F)F. The Morgan fingerprint density at radius 1 is 1.11 bits per heavy atom. The van der Waals surface area contributed by atoms with E-state index in [0.29, 0.717) is 6.42 Å². The largest absolute Gasteiger partial charge is 0.440 e. The number of hydrogen-bond donors (Lipinski definition) is 0. The smallest absolute Gasteiger partial charge is 0.422 e. The lowest BCUT2D eigenvalue weighted by atomic mass is 10.3. The van der Waals surface area contributed by atoms with Crippen LogP contribution < -0.4 is 0 Å². The van der Waals surface area contributed by atoms with Gasteiger partial charge in [0.2, 0.25) is 0 Å². The van der Waals surface area contributed by atoms with Crippen LogP contribution in [-0.2, 0) is 4.74 Å². The van der Waals surface area contributed by atoms with E-state index in [4.69, 9.17) is 0 Å². The summed E-state index contributed by atoms with van der Waals surface area (Å²) in [5, 5.41) is 0. The molecule has 0 radical (unpaired) electrons. The summed E-state index contributed by atoms with van der Waals surface area (Å²) in [5.74, 6) is 0. The Hall–Kier alpha value is -1.15. The number of ether oxygens (including phenoxy) is 1. The number of rotatable bonds is 5.